The molecule has 0 aliphatic rings. The molecule has 0 aliphatic carbocycles. The lowest BCUT2D eigenvalue weighted by Crippen LogP contribution is -1.95. The molecular weight excluding hydrogens is 304 g/mol. The van der Waals surface area contributed by atoms with Gasteiger partial charge in [0, 0.05) is 24.6 Å². The number of aromatic nitrogens is 3. The van der Waals surface area contributed by atoms with E-state index in [9.17, 15) is 10.1 Å². The molecule has 0 spiro atoms. The van der Waals surface area contributed by atoms with Crippen LogP contribution >= 0.6 is 0 Å². The molecule has 0 bridgehead atoms. The molecule has 6 nitrogen and oxygen atoms in total. The van der Waals surface area contributed by atoms with Gasteiger partial charge < -0.3 is 4.57 Å². The second-order valence-corrected chi connectivity index (χ2v) is 5.82. The van der Waals surface area contributed by atoms with Crippen LogP contribution in [0.25, 0.3) is 33.5 Å². The van der Waals surface area contributed by atoms with E-state index in [-0.39, 0.29) is 5.69 Å². The minimum absolute atomic E-state index is 0.0362. The van der Waals surface area contributed by atoms with Gasteiger partial charge in [-0.1, -0.05) is 17.7 Å². The van der Waals surface area contributed by atoms with E-state index < -0.39 is 4.92 Å². The van der Waals surface area contributed by atoms with Gasteiger partial charge in [0.2, 0.25) is 0 Å². The van der Waals surface area contributed by atoms with Gasteiger partial charge in [0.15, 0.2) is 5.82 Å². The highest BCUT2D eigenvalue weighted by Gasteiger charge is 2.14. The molecule has 0 saturated heterocycles. The summed E-state index contributed by atoms with van der Waals surface area (Å²) >= 11 is 0. The summed E-state index contributed by atoms with van der Waals surface area (Å²) in [4.78, 5) is 19.8. The zero-order valence-corrected chi connectivity index (χ0v) is 13.2. The van der Waals surface area contributed by atoms with Crippen LogP contribution < -0.4 is 0 Å². The van der Waals surface area contributed by atoms with Crippen LogP contribution in [0.4, 0.5) is 5.69 Å². The van der Waals surface area contributed by atoms with Crippen molar-refractivity contribution in [2.75, 3.05) is 0 Å². The van der Waals surface area contributed by atoms with Gasteiger partial charge in [-0.2, -0.15) is 0 Å². The quantitative estimate of drug-likeness (QED) is 0.413. The van der Waals surface area contributed by atoms with Crippen LogP contribution in [-0.2, 0) is 7.05 Å². The highest BCUT2D eigenvalue weighted by Crippen LogP contribution is 2.27. The minimum atomic E-state index is -0.412. The van der Waals surface area contributed by atoms with Crippen LogP contribution in [0.5, 0.6) is 0 Å². The Hall–Kier alpha value is -3.28. The number of nitro groups is 1. The van der Waals surface area contributed by atoms with E-state index in [0.717, 1.165) is 22.1 Å². The summed E-state index contributed by atoms with van der Waals surface area (Å²) in [6, 6.07) is 14.7. The molecule has 0 radical (unpaired) electrons. The van der Waals surface area contributed by atoms with Crippen molar-refractivity contribution in [3.05, 3.63) is 64.2 Å². The molecule has 0 unspecified atom stereocenters. The molecule has 2 aromatic carbocycles. The molecular formula is C18H14N4O2. The maximum absolute atomic E-state index is 10.9. The Morgan fingerprint density at radius 3 is 2.62 bits per heavy atom. The lowest BCUT2D eigenvalue weighted by atomic mass is 10.1. The fourth-order valence-corrected chi connectivity index (χ4v) is 2.90. The number of pyridine rings is 1. The number of nitro benzene ring substituents is 1. The van der Waals surface area contributed by atoms with Gasteiger partial charge >= 0.3 is 0 Å². The zero-order chi connectivity index (χ0) is 16.8. The fraction of sp³-hybridized carbons (Fsp3) is 0.111. The first-order chi connectivity index (χ1) is 11.5. The number of non-ortho nitro benzene ring substituents is 1. The van der Waals surface area contributed by atoms with Crippen molar-refractivity contribution in [1.29, 1.82) is 0 Å². The van der Waals surface area contributed by atoms with Crippen molar-refractivity contribution >= 4 is 27.6 Å². The average Bonchev–Trinajstić information content (AvgIpc) is 2.90. The number of aryl methyl sites for hydroxylation is 2. The number of hydrogen-bond donors (Lipinski definition) is 0. The maximum atomic E-state index is 10.9. The van der Waals surface area contributed by atoms with Crippen LogP contribution in [0.15, 0.2) is 48.5 Å². The van der Waals surface area contributed by atoms with Crippen LogP contribution in [0, 0.1) is 17.0 Å². The monoisotopic (exact) mass is 318 g/mol. The van der Waals surface area contributed by atoms with Gasteiger partial charge in [0.05, 0.1) is 21.5 Å². The van der Waals surface area contributed by atoms with Gasteiger partial charge in [-0.25, -0.2) is 9.97 Å². The molecule has 0 amide bonds. The van der Waals surface area contributed by atoms with Crippen molar-refractivity contribution in [3.63, 3.8) is 0 Å². The number of fused-ring (bicyclic) bond motifs is 2. The van der Waals surface area contributed by atoms with Crippen molar-refractivity contribution in [2.45, 2.75) is 6.92 Å². The Balaban J connectivity index is 1.90. The summed E-state index contributed by atoms with van der Waals surface area (Å²) in [5, 5.41) is 12.0. The van der Waals surface area contributed by atoms with E-state index in [1.807, 2.05) is 42.8 Å². The number of rotatable bonds is 2. The third-order valence-electron chi connectivity index (χ3n) is 4.15. The summed E-state index contributed by atoms with van der Waals surface area (Å²) in [5.41, 5.74) is 4.29. The van der Waals surface area contributed by atoms with Crippen molar-refractivity contribution in [2.24, 2.45) is 7.05 Å². The molecule has 0 N–H and O–H groups in total. The predicted molar refractivity (Wildman–Crippen MR) is 92.8 cm³/mol. The molecule has 24 heavy (non-hydrogen) atoms. The van der Waals surface area contributed by atoms with Crippen LogP contribution in [0.2, 0.25) is 0 Å². The summed E-state index contributed by atoms with van der Waals surface area (Å²) in [7, 11) is 1.89. The van der Waals surface area contributed by atoms with E-state index >= 15 is 0 Å². The highest BCUT2D eigenvalue weighted by atomic mass is 16.6. The van der Waals surface area contributed by atoms with Gasteiger partial charge in [-0.3, -0.25) is 10.1 Å². The van der Waals surface area contributed by atoms with Crippen molar-refractivity contribution < 1.29 is 4.92 Å². The minimum Gasteiger partial charge on any atom is -0.326 e. The number of nitrogens with zero attached hydrogens (tertiary/aromatic N) is 4. The van der Waals surface area contributed by atoms with E-state index in [4.69, 9.17) is 0 Å². The largest absolute Gasteiger partial charge is 0.326 e. The first-order valence-electron chi connectivity index (χ1n) is 7.51. The van der Waals surface area contributed by atoms with Gasteiger partial charge in [-0.05, 0) is 31.2 Å². The number of imidazole rings is 1. The lowest BCUT2D eigenvalue weighted by molar-refractivity contribution is -0.384. The van der Waals surface area contributed by atoms with E-state index in [1.54, 1.807) is 6.07 Å². The van der Waals surface area contributed by atoms with E-state index in [1.165, 1.54) is 17.7 Å². The molecule has 4 aromatic rings. The SMILES string of the molecule is Cc1ccc2nc(-c3nc4cc([N+](=O)[O-])ccc4n3C)ccc2c1. The van der Waals surface area contributed by atoms with Gasteiger partial charge in [-0.15, -0.1) is 0 Å². The lowest BCUT2D eigenvalue weighted by Gasteiger charge is -2.04. The molecule has 2 heterocycles. The Labute approximate surface area is 137 Å². The van der Waals surface area contributed by atoms with Crippen LogP contribution in [0.3, 0.4) is 0 Å². The smallest absolute Gasteiger partial charge is 0.271 e. The predicted octanol–water partition coefficient (Wildman–Crippen LogP) is 4.01. The topological polar surface area (TPSA) is 73.8 Å². The zero-order valence-electron chi connectivity index (χ0n) is 13.2. The first kappa shape index (κ1) is 14.3. The molecule has 6 heteroatoms. The van der Waals surface area contributed by atoms with Crippen LogP contribution in [0.1, 0.15) is 5.56 Å². The molecule has 118 valence electrons. The Morgan fingerprint density at radius 2 is 1.83 bits per heavy atom. The molecule has 2 aromatic heterocycles. The third-order valence-corrected chi connectivity index (χ3v) is 4.15. The normalized spacial score (nSPS) is 11.2. The Morgan fingerprint density at radius 1 is 1.00 bits per heavy atom. The van der Waals surface area contributed by atoms with Crippen molar-refractivity contribution in [1.82, 2.24) is 14.5 Å². The molecule has 0 fully saturated rings. The molecule has 0 saturated carbocycles. The fourth-order valence-electron chi connectivity index (χ4n) is 2.90. The van der Waals surface area contributed by atoms with Crippen LogP contribution in [-0.4, -0.2) is 19.5 Å². The number of benzene rings is 2. The molecule has 0 aliphatic heterocycles. The second-order valence-electron chi connectivity index (χ2n) is 5.82. The van der Waals surface area contributed by atoms with Crippen molar-refractivity contribution in [3.8, 4) is 11.5 Å². The molecule has 4 rings (SSSR count). The Kier molecular flexibility index (Phi) is 3.06. The van der Waals surface area contributed by atoms with Gasteiger partial charge in [0.1, 0.15) is 5.69 Å². The Bertz CT molecular complexity index is 1110. The summed E-state index contributed by atoms with van der Waals surface area (Å²) in [6.45, 7) is 2.05. The maximum Gasteiger partial charge on any atom is 0.271 e. The second kappa shape index (κ2) is 5.13. The summed E-state index contributed by atoms with van der Waals surface area (Å²) < 4.78 is 1.90. The number of hydrogen-bond acceptors (Lipinski definition) is 4. The standard InChI is InChI=1S/C18H14N4O2/c1-11-3-6-14-12(9-11)4-7-15(19-14)18-20-16-10-13(22(23)24)5-8-17(16)21(18)2/h3-10H,1-2H3. The van der Waals surface area contributed by atoms with E-state index in [2.05, 4.69) is 16.0 Å². The van der Waals surface area contributed by atoms with Gasteiger partial charge in [0.25, 0.3) is 5.69 Å². The summed E-state index contributed by atoms with van der Waals surface area (Å²) in [6.07, 6.45) is 0. The first-order valence-corrected chi connectivity index (χ1v) is 7.51. The average molecular weight is 318 g/mol. The van der Waals surface area contributed by atoms with E-state index in [0.29, 0.717) is 11.3 Å². The highest BCUT2D eigenvalue weighted by molar-refractivity contribution is 5.85. The summed E-state index contributed by atoms with van der Waals surface area (Å²) in [5.74, 6) is 0.688. The molecule has 0 atom stereocenters. The third kappa shape index (κ3) is 2.20.